The molecule has 1 atom stereocenters. The quantitative estimate of drug-likeness (QED) is 0.781. The Balaban J connectivity index is 1.76. The first-order valence-corrected chi connectivity index (χ1v) is 7.24. The average Bonchev–Trinajstić information content (AvgIpc) is 2.96. The van der Waals surface area contributed by atoms with Gasteiger partial charge in [0.15, 0.2) is 0 Å². The molecule has 0 amide bonds. The maximum Gasteiger partial charge on any atom is 0.123 e. The third-order valence-electron chi connectivity index (χ3n) is 3.63. The van der Waals surface area contributed by atoms with Crippen molar-refractivity contribution < 1.29 is 9.50 Å². The zero-order valence-corrected chi connectivity index (χ0v) is 12.3. The number of allylic oxidation sites excluding steroid dienone is 2. The van der Waals surface area contributed by atoms with Crippen LogP contribution >= 0.6 is 0 Å². The smallest absolute Gasteiger partial charge is 0.123 e. The van der Waals surface area contributed by atoms with E-state index in [-0.39, 0.29) is 18.5 Å². The molecular formula is C16H18FN4O-. The molecule has 0 bridgehead atoms. The molecule has 0 fully saturated rings. The normalized spacial score (nSPS) is 17.6. The fraction of sp³-hybridized carbons (Fsp3) is 0.250. The van der Waals surface area contributed by atoms with Crippen molar-refractivity contribution in [3.63, 3.8) is 0 Å². The number of nitrogens with zero attached hydrogens (tertiary/aromatic N) is 2. The van der Waals surface area contributed by atoms with Gasteiger partial charge in [0.1, 0.15) is 11.6 Å². The minimum atomic E-state index is -0.266. The highest BCUT2D eigenvalue weighted by molar-refractivity contribution is 5.72. The molecule has 2 heterocycles. The number of hydrogen-bond acceptors (Lipinski definition) is 4. The summed E-state index contributed by atoms with van der Waals surface area (Å²) in [6.07, 6.45) is 6.33. The van der Waals surface area contributed by atoms with Gasteiger partial charge in [0.2, 0.25) is 0 Å². The van der Waals surface area contributed by atoms with Crippen LogP contribution < -0.4 is 10.7 Å². The number of aliphatic hydroxyl groups excluding tert-OH is 1. The fourth-order valence-corrected chi connectivity index (χ4v) is 2.32. The van der Waals surface area contributed by atoms with Crippen molar-refractivity contribution in [2.45, 2.75) is 19.4 Å². The minimum Gasteiger partial charge on any atom is -0.441 e. The van der Waals surface area contributed by atoms with E-state index >= 15 is 0 Å². The molecule has 0 spiro atoms. The molecule has 2 aliphatic heterocycles. The van der Waals surface area contributed by atoms with Gasteiger partial charge < -0.3 is 26.2 Å². The number of halogens is 1. The second-order valence-electron chi connectivity index (χ2n) is 5.13. The highest BCUT2D eigenvalue weighted by atomic mass is 19.1. The molecule has 0 radical (unpaired) electrons. The number of benzene rings is 1. The predicted octanol–water partition coefficient (Wildman–Crippen LogP) is 2.37. The summed E-state index contributed by atoms with van der Waals surface area (Å²) in [4.78, 5) is 0. The van der Waals surface area contributed by atoms with Crippen molar-refractivity contribution in [2.75, 3.05) is 6.61 Å². The van der Waals surface area contributed by atoms with Gasteiger partial charge >= 0.3 is 0 Å². The monoisotopic (exact) mass is 301 g/mol. The van der Waals surface area contributed by atoms with E-state index in [1.54, 1.807) is 18.3 Å². The lowest BCUT2D eigenvalue weighted by molar-refractivity contribution is 0.239. The lowest BCUT2D eigenvalue weighted by Crippen LogP contribution is -2.44. The van der Waals surface area contributed by atoms with E-state index in [2.05, 4.69) is 16.1 Å². The molecule has 0 aliphatic carbocycles. The zero-order chi connectivity index (χ0) is 15.5. The number of aliphatic hydroxyl groups is 1. The van der Waals surface area contributed by atoms with E-state index in [1.165, 1.54) is 12.1 Å². The largest absolute Gasteiger partial charge is 0.441 e. The summed E-state index contributed by atoms with van der Waals surface area (Å²) in [5.41, 5.74) is 4.94. The van der Waals surface area contributed by atoms with E-state index < -0.39 is 0 Å². The second kappa shape index (κ2) is 6.11. The Morgan fingerprint density at radius 3 is 2.77 bits per heavy atom. The van der Waals surface area contributed by atoms with Gasteiger partial charge in [-0.15, -0.1) is 0 Å². The van der Waals surface area contributed by atoms with Gasteiger partial charge in [-0.25, -0.2) is 4.39 Å². The first kappa shape index (κ1) is 14.5. The number of rotatable bonds is 5. The van der Waals surface area contributed by atoms with Crippen molar-refractivity contribution in [1.82, 2.24) is 15.8 Å². The number of hydrazine groups is 1. The molecule has 1 aromatic carbocycles. The van der Waals surface area contributed by atoms with Crippen molar-refractivity contribution in [3.8, 4) is 0 Å². The van der Waals surface area contributed by atoms with Crippen molar-refractivity contribution in [1.29, 1.82) is 0 Å². The molecule has 2 aliphatic rings. The Kier molecular flexibility index (Phi) is 4.02. The van der Waals surface area contributed by atoms with Crippen LogP contribution in [-0.2, 0) is 0 Å². The number of nitrogens with one attached hydrogen (secondary N) is 2. The van der Waals surface area contributed by atoms with E-state index in [1.807, 2.05) is 24.1 Å². The van der Waals surface area contributed by atoms with Crippen LogP contribution in [0.4, 0.5) is 4.39 Å². The molecule has 0 saturated heterocycles. The topological polar surface area (TPSA) is 61.6 Å². The summed E-state index contributed by atoms with van der Waals surface area (Å²) in [5, 5.41) is 18.7. The molecule has 1 unspecified atom stereocenters. The number of fused-ring (bicyclic) bond motifs is 1. The van der Waals surface area contributed by atoms with E-state index in [0.717, 1.165) is 29.3 Å². The second-order valence-corrected chi connectivity index (χ2v) is 5.13. The van der Waals surface area contributed by atoms with Gasteiger partial charge in [-0.3, -0.25) is 0 Å². The third-order valence-corrected chi connectivity index (χ3v) is 3.63. The molecule has 3 N–H and O–H groups in total. The maximum atomic E-state index is 13.1. The highest BCUT2D eigenvalue weighted by Crippen LogP contribution is 2.34. The molecule has 6 heteroatoms. The Hall–Kier alpha value is -2.47. The van der Waals surface area contributed by atoms with Crippen LogP contribution in [0.25, 0.3) is 11.0 Å². The lowest BCUT2D eigenvalue weighted by atomic mass is 10.1. The molecule has 1 aromatic rings. The van der Waals surface area contributed by atoms with Gasteiger partial charge in [0.25, 0.3) is 0 Å². The van der Waals surface area contributed by atoms with Crippen LogP contribution in [-0.4, -0.2) is 22.8 Å². The zero-order valence-electron chi connectivity index (χ0n) is 12.3. The van der Waals surface area contributed by atoms with E-state index in [0.29, 0.717) is 0 Å². The van der Waals surface area contributed by atoms with Crippen LogP contribution in [0, 0.1) is 5.82 Å². The SMILES string of the molecule is CCC(CO)NC1=CC=C2[N-]C=C(c3ccc(F)cc3)N2N1. The Labute approximate surface area is 128 Å². The standard InChI is InChI=1S/C16H18FN4O/c1-2-13(10-22)19-15-7-8-16-18-9-14(21(16)20-15)11-3-5-12(17)6-4-11/h3-9,13,19-20,22H,2,10H2,1H3/q-1. The summed E-state index contributed by atoms with van der Waals surface area (Å²) in [7, 11) is 0. The highest BCUT2D eigenvalue weighted by Gasteiger charge is 2.17. The molecule has 116 valence electrons. The van der Waals surface area contributed by atoms with Gasteiger partial charge in [0, 0.05) is 0 Å². The lowest BCUT2D eigenvalue weighted by Gasteiger charge is -2.39. The Morgan fingerprint density at radius 2 is 2.09 bits per heavy atom. The van der Waals surface area contributed by atoms with E-state index in [9.17, 15) is 9.50 Å². The number of hydrogen-bond donors (Lipinski definition) is 3. The molecule has 0 saturated carbocycles. The molecular weight excluding hydrogens is 283 g/mol. The summed E-state index contributed by atoms with van der Waals surface area (Å²) in [6.45, 7) is 2.07. The van der Waals surface area contributed by atoms with Gasteiger partial charge in [-0.2, -0.15) is 0 Å². The van der Waals surface area contributed by atoms with Crippen molar-refractivity contribution >= 4 is 5.70 Å². The first-order valence-electron chi connectivity index (χ1n) is 7.24. The molecule has 22 heavy (non-hydrogen) atoms. The van der Waals surface area contributed by atoms with Crippen molar-refractivity contribution in [3.05, 3.63) is 71.0 Å². The predicted molar refractivity (Wildman–Crippen MR) is 83.2 cm³/mol. The fourth-order valence-electron chi connectivity index (χ4n) is 2.32. The average molecular weight is 301 g/mol. The summed E-state index contributed by atoms with van der Waals surface area (Å²) >= 11 is 0. The minimum absolute atomic E-state index is 0.00788. The third kappa shape index (κ3) is 2.78. The van der Waals surface area contributed by atoms with Crippen LogP contribution in [0.5, 0.6) is 0 Å². The van der Waals surface area contributed by atoms with Gasteiger partial charge in [-0.05, 0) is 41.7 Å². The molecule has 5 nitrogen and oxygen atoms in total. The van der Waals surface area contributed by atoms with Gasteiger partial charge in [-0.1, -0.05) is 31.3 Å². The molecule has 0 aromatic heterocycles. The maximum absolute atomic E-state index is 13.1. The van der Waals surface area contributed by atoms with Crippen LogP contribution in [0.2, 0.25) is 0 Å². The van der Waals surface area contributed by atoms with E-state index in [4.69, 9.17) is 0 Å². The van der Waals surface area contributed by atoms with Crippen LogP contribution in [0.15, 0.2) is 54.3 Å². The summed E-state index contributed by atoms with van der Waals surface area (Å²) in [5.74, 6) is 1.29. The van der Waals surface area contributed by atoms with Crippen LogP contribution in [0.3, 0.4) is 0 Å². The molecule has 3 rings (SSSR count). The Bertz CT molecular complexity index is 632. The van der Waals surface area contributed by atoms with Crippen LogP contribution in [0.1, 0.15) is 18.9 Å². The Morgan fingerprint density at radius 1 is 1.32 bits per heavy atom. The summed E-state index contributed by atoms with van der Waals surface area (Å²) in [6, 6.07) is 6.28. The first-order chi connectivity index (χ1) is 10.7. The van der Waals surface area contributed by atoms with Crippen molar-refractivity contribution in [2.24, 2.45) is 0 Å². The summed E-state index contributed by atoms with van der Waals surface area (Å²) < 4.78 is 13.1. The van der Waals surface area contributed by atoms with Gasteiger partial charge in [0.05, 0.1) is 12.6 Å².